The summed E-state index contributed by atoms with van der Waals surface area (Å²) in [5, 5.41) is 0. The minimum Gasteiger partial charge on any atom is -0.463 e. The number of esters is 1. The molecule has 5 heteroatoms. The van der Waals surface area contributed by atoms with Crippen LogP contribution in [0.1, 0.15) is 86.0 Å². The number of rotatable bonds is 1. The van der Waals surface area contributed by atoms with Crippen LogP contribution in [0.2, 0.25) is 0 Å². The number of carbonyl (C=O) groups excluding carboxylic acids is 2. The summed E-state index contributed by atoms with van der Waals surface area (Å²) in [6.07, 6.45) is 10.4. The summed E-state index contributed by atoms with van der Waals surface area (Å²) >= 11 is 0. The highest BCUT2D eigenvalue weighted by Crippen LogP contribution is 2.69. The number of hydrogen-bond acceptors (Lipinski definition) is 5. The lowest BCUT2D eigenvalue weighted by molar-refractivity contribution is -0.271. The van der Waals surface area contributed by atoms with Gasteiger partial charge in [-0.2, -0.15) is 0 Å². The Hall–Kier alpha value is -1.20. The van der Waals surface area contributed by atoms with E-state index in [4.69, 9.17) is 14.2 Å². The number of hydrogen-bond donors (Lipinski definition) is 0. The van der Waals surface area contributed by atoms with Crippen LogP contribution in [-0.4, -0.2) is 36.4 Å². The van der Waals surface area contributed by atoms with E-state index < -0.39 is 5.79 Å². The Labute approximate surface area is 204 Å². The van der Waals surface area contributed by atoms with Crippen molar-refractivity contribution in [3.8, 4) is 0 Å². The summed E-state index contributed by atoms with van der Waals surface area (Å²) in [7, 11) is 0. The summed E-state index contributed by atoms with van der Waals surface area (Å²) in [4.78, 5) is 25.6. The predicted octanol–water partition coefficient (Wildman–Crippen LogP) is 5.46. The van der Waals surface area contributed by atoms with Crippen molar-refractivity contribution < 1.29 is 23.8 Å². The van der Waals surface area contributed by atoms with Gasteiger partial charge in [-0.05, 0) is 80.1 Å². The molecule has 6 rings (SSSR count). The first-order valence-electron chi connectivity index (χ1n) is 13.8. The van der Waals surface area contributed by atoms with Gasteiger partial charge >= 0.3 is 5.97 Å². The first-order valence-corrected chi connectivity index (χ1v) is 13.8. The lowest BCUT2D eigenvalue weighted by Gasteiger charge is -2.56. The van der Waals surface area contributed by atoms with Crippen molar-refractivity contribution in [2.24, 2.45) is 46.3 Å². The fourth-order valence-corrected chi connectivity index (χ4v) is 9.61. The van der Waals surface area contributed by atoms with Crippen molar-refractivity contribution in [1.29, 1.82) is 0 Å². The van der Waals surface area contributed by atoms with Gasteiger partial charge in [0.1, 0.15) is 6.10 Å². The zero-order chi connectivity index (χ0) is 24.0. The standard InChI is InChI=1S/C29H42O5/c1-16-8-11-29(32-15-16)17(2)26-24(34-29)13-23-21-7-6-19-12-20(33-18(3)30)9-10-27(19,4)22(21)14-25(31)28(23,26)5/h14,16-17,19-21,23-24,26H,6-13,15H2,1-5H3/t16-,17+,19+,20+,21-,23-,24+,26+,27+,28-,29-/m1/s1. The number of allylic oxidation sites excluding steroid dienone is 2. The molecular formula is C29H42O5. The minimum absolute atomic E-state index is 0.0340. The second-order valence-electron chi connectivity index (χ2n) is 13.1. The highest BCUT2D eigenvalue weighted by Gasteiger charge is 2.70. The predicted molar refractivity (Wildman–Crippen MR) is 128 cm³/mol. The van der Waals surface area contributed by atoms with E-state index >= 15 is 0 Å². The van der Waals surface area contributed by atoms with Crippen LogP contribution in [0.5, 0.6) is 0 Å². The maximum Gasteiger partial charge on any atom is 0.302 e. The number of fused-ring (bicyclic) bond motifs is 7. The lowest BCUT2D eigenvalue weighted by Crippen LogP contribution is -2.53. The summed E-state index contributed by atoms with van der Waals surface area (Å²) in [6.45, 7) is 11.5. The van der Waals surface area contributed by atoms with Crippen LogP contribution in [0.15, 0.2) is 11.6 Å². The molecule has 5 nitrogen and oxygen atoms in total. The molecule has 34 heavy (non-hydrogen) atoms. The van der Waals surface area contributed by atoms with Crippen molar-refractivity contribution in [3.63, 3.8) is 0 Å². The van der Waals surface area contributed by atoms with Crippen molar-refractivity contribution in [1.82, 2.24) is 0 Å². The Morgan fingerprint density at radius 1 is 1.09 bits per heavy atom. The molecule has 0 N–H and O–H groups in total. The molecule has 2 heterocycles. The Kier molecular flexibility index (Phi) is 5.22. The van der Waals surface area contributed by atoms with E-state index in [0.29, 0.717) is 29.5 Å². The van der Waals surface area contributed by atoms with Gasteiger partial charge in [0.2, 0.25) is 0 Å². The Morgan fingerprint density at radius 3 is 2.59 bits per heavy atom. The molecule has 0 aromatic rings. The van der Waals surface area contributed by atoms with Crippen LogP contribution < -0.4 is 0 Å². The van der Waals surface area contributed by atoms with E-state index in [9.17, 15) is 9.59 Å². The molecule has 188 valence electrons. The first kappa shape index (κ1) is 23.2. The quantitative estimate of drug-likeness (QED) is 0.476. The normalized spacial score (nSPS) is 54.0. The van der Waals surface area contributed by atoms with E-state index in [1.54, 1.807) is 0 Å². The van der Waals surface area contributed by atoms with Gasteiger partial charge < -0.3 is 14.2 Å². The molecule has 11 atom stereocenters. The van der Waals surface area contributed by atoms with E-state index in [2.05, 4.69) is 33.8 Å². The molecule has 5 fully saturated rings. The van der Waals surface area contributed by atoms with E-state index in [-0.39, 0.29) is 40.8 Å². The van der Waals surface area contributed by atoms with Crippen molar-refractivity contribution in [2.45, 2.75) is 104 Å². The van der Waals surface area contributed by atoms with E-state index in [1.807, 2.05) is 0 Å². The molecule has 0 aromatic carbocycles. The van der Waals surface area contributed by atoms with Crippen molar-refractivity contribution >= 4 is 11.8 Å². The van der Waals surface area contributed by atoms with Gasteiger partial charge in [-0.1, -0.05) is 33.3 Å². The van der Waals surface area contributed by atoms with Gasteiger partial charge in [0.05, 0.1) is 12.7 Å². The van der Waals surface area contributed by atoms with Gasteiger partial charge in [-0.3, -0.25) is 9.59 Å². The van der Waals surface area contributed by atoms with Gasteiger partial charge in [0.25, 0.3) is 0 Å². The zero-order valence-corrected chi connectivity index (χ0v) is 21.6. The van der Waals surface area contributed by atoms with Crippen LogP contribution in [0, 0.1) is 46.3 Å². The molecule has 0 bridgehead atoms. The summed E-state index contributed by atoms with van der Waals surface area (Å²) in [5.41, 5.74) is 1.10. The Balaban J connectivity index is 1.29. The maximum atomic E-state index is 14.0. The van der Waals surface area contributed by atoms with Crippen LogP contribution >= 0.6 is 0 Å². The average molecular weight is 471 g/mol. The monoisotopic (exact) mass is 470 g/mol. The fraction of sp³-hybridized carbons (Fsp3) is 0.862. The second kappa shape index (κ2) is 7.65. The first-order chi connectivity index (χ1) is 16.1. The fourth-order valence-electron chi connectivity index (χ4n) is 9.61. The highest BCUT2D eigenvalue weighted by atomic mass is 16.7. The molecule has 1 spiro atoms. The van der Waals surface area contributed by atoms with Crippen LogP contribution in [0.25, 0.3) is 0 Å². The van der Waals surface area contributed by atoms with Crippen molar-refractivity contribution in [2.75, 3.05) is 6.61 Å². The molecule has 2 saturated heterocycles. The molecule has 4 aliphatic carbocycles. The summed E-state index contributed by atoms with van der Waals surface area (Å²) in [6, 6.07) is 0. The number of ether oxygens (including phenoxy) is 3. The molecule has 0 aromatic heterocycles. The third kappa shape index (κ3) is 3.04. The maximum absolute atomic E-state index is 14.0. The smallest absolute Gasteiger partial charge is 0.302 e. The summed E-state index contributed by atoms with van der Waals surface area (Å²) in [5.74, 6) is 2.05. The number of ketones is 1. The molecule has 3 saturated carbocycles. The lowest BCUT2D eigenvalue weighted by atomic mass is 9.48. The Morgan fingerprint density at radius 2 is 1.88 bits per heavy atom. The molecular weight excluding hydrogens is 428 g/mol. The largest absolute Gasteiger partial charge is 0.463 e. The van der Waals surface area contributed by atoms with Crippen LogP contribution in [0.4, 0.5) is 0 Å². The molecule has 6 aliphatic rings. The topological polar surface area (TPSA) is 61.8 Å². The zero-order valence-electron chi connectivity index (χ0n) is 21.6. The highest BCUT2D eigenvalue weighted by molar-refractivity contribution is 5.97. The minimum atomic E-state index is -0.487. The van der Waals surface area contributed by atoms with Crippen LogP contribution in [0.3, 0.4) is 0 Å². The average Bonchev–Trinajstić information content (AvgIpc) is 3.23. The van der Waals surface area contributed by atoms with Crippen LogP contribution in [-0.2, 0) is 23.8 Å². The summed E-state index contributed by atoms with van der Waals surface area (Å²) < 4.78 is 18.8. The molecule has 0 radical (unpaired) electrons. The third-order valence-corrected chi connectivity index (χ3v) is 11.5. The second-order valence-corrected chi connectivity index (χ2v) is 13.1. The van der Waals surface area contributed by atoms with Gasteiger partial charge in [-0.15, -0.1) is 0 Å². The third-order valence-electron chi connectivity index (χ3n) is 11.5. The van der Waals surface area contributed by atoms with Gasteiger partial charge in [0.15, 0.2) is 11.6 Å². The molecule has 0 amide bonds. The van der Waals surface area contributed by atoms with Crippen molar-refractivity contribution in [3.05, 3.63) is 11.6 Å². The molecule has 2 aliphatic heterocycles. The van der Waals surface area contributed by atoms with Gasteiger partial charge in [0, 0.05) is 30.6 Å². The molecule has 0 unspecified atom stereocenters. The Bertz CT molecular complexity index is 915. The number of carbonyl (C=O) groups is 2. The SMILES string of the molecule is CC(=O)O[C@H]1CC[C@]2(C)C3=CC(=O)[C@]4(C)[C@@H]5[C@H](C[C@@H]4[C@@H]3CC[C@H]2C1)O[C@]1(CC[C@@H](C)CO1)[C@H]5C. The van der Waals surface area contributed by atoms with E-state index in [1.165, 1.54) is 12.5 Å². The van der Waals surface area contributed by atoms with E-state index in [0.717, 1.165) is 58.0 Å². The van der Waals surface area contributed by atoms with Gasteiger partial charge in [-0.25, -0.2) is 0 Å².